The Balaban J connectivity index is 2.85. The number of aryl methyl sites for hydroxylation is 1. The molecular weight excluding hydrogens is 208 g/mol. The number of anilines is 1. The van der Waals surface area contributed by atoms with E-state index >= 15 is 0 Å². The van der Waals surface area contributed by atoms with Crippen LogP contribution < -0.4 is 11.1 Å². The van der Waals surface area contributed by atoms with Crippen LogP contribution in [0.4, 0.5) is 5.69 Å². The predicted octanol–water partition coefficient (Wildman–Crippen LogP) is 0.780. The molecule has 0 heterocycles. The van der Waals surface area contributed by atoms with E-state index in [2.05, 4.69) is 5.32 Å². The summed E-state index contributed by atoms with van der Waals surface area (Å²) in [5.41, 5.74) is 7.27. The van der Waals surface area contributed by atoms with Gasteiger partial charge in [0, 0.05) is 11.3 Å². The number of hydrogen-bond donors (Lipinski definition) is 3. The largest absolute Gasteiger partial charge is 0.480 e. The number of benzene rings is 1. The predicted molar refractivity (Wildman–Crippen MR) is 60.2 cm³/mol. The molecule has 0 aliphatic rings. The minimum atomic E-state index is -1.07. The highest BCUT2D eigenvalue weighted by atomic mass is 16.4. The molecule has 0 spiro atoms. The van der Waals surface area contributed by atoms with Gasteiger partial charge in [0.05, 0.1) is 0 Å². The summed E-state index contributed by atoms with van der Waals surface area (Å²) >= 11 is 0. The fraction of sp³-hybridized carbons (Fsp3) is 0.273. The first kappa shape index (κ1) is 12.0. The van der Waals surface area contributed by atoms with Gasteiger partial charge in [0.2, 0.25) is 0 Å². The second kappa shape index (κ2) is 4.65. The number of amides is 1. The Morgan fingerprint density at radius 2 is 2.06 bits per heavy atom. The van der Waals surface area contributed by atoms with Crippen molar-refractivity contribution in [3.05, 3.63) is 29.3 Å². The molecule has 0 aliphatic carbocycles. The number of hydrogen-bond acceptors (Lipinski definition) is 3. The number of rotatable bonds is 3. The molecule has 1 amide bonds. The lowest BCUT2D eigenvalue weighted by molar-refractivity contribution is -0.138. The van der Waals surface area contributed by atoms with E-state index in [4.69, 9.17) is 10.8 Å². The Labute approximate surface area is 93.3 Å². The van der Waals surface area contributed by atoms with Crippen LogP contribution in [0.2, 0.25) is 0 Å². The maximum atomic E-state index is 11.7. The lowest BCUT2D eigenvalue weighted by atomic mass is 10.1. The van der Waals surface area contributed by atoms with Crippen LogP contribution in [0.25, 0.3) is 0 Å². The van der Waals surface area contributed by atoms with Crippen LogP contribution in [0.3, 0.4) is 0 Å². The first-order valence-corrected chi connectivity index (χ1v) is 4.81. The van der Waals surface area contributed by atoms with Crippen molar-refractivity contribution >= 4 is 17.6 Å². The molecule has 0 saturated carbocycles. The maximum absolute atomic E-state index is 11.7. The smallest absolute Gasteiger partial charge is 0.325 e. The topological polar surface area (TPSA) is 92.4 Å². The number of nitrogen functional groups attached to an aromatic ring is 1. The Bertz CT molecular complexity index is 429. The van der Waals surface area contributed by atoms with Gasteiger partial charge < -0.3 is 16.2 Å². The van der Waals surface area contributed by atoms with Gasteiger partial charge in [-0.15, -0.1) is 0 Å². The highest BCUT2D eigenvalue weighted by Gasteiger charge is 2.16. The van der Waals surface area contributed by atoms with Crippen molar-refractivity contribution in [1.29, 1.82) is 0 Å². The summed E-state index contributed by atoms with van der Waals surface area (Å²) < 4.78 is 0. The molecule has 0 saturated heterocycles. The normalized spacial score (nSPS) is 11.9. The molecule has 1 aromatic rings. The number of nitrogens with one attached hydrogen (secondary N) is 1. The zero-order valence-electron chi connectivity index (χ0n) is 9.15. The molecule has 0 bridgehead atoms. The van der Waals surface area contributed by atoms with Gasteiger partial charge in [0.25, 0.3) is 5.91 Å². The molecule has 5 heteroatoms. The molecule has 86 valence electrons. The quantitative estimate of drug-likeness (QED) is 0.659. The molecule has 0 aliphatic heterocycles. The molecule has 0 aromatic heterocycles. The lowest BCUT2D eigenvalue weighted by Gasteiger charge is -2.11. The summed E-state index contributed by atoms with van der Waals surface area (Å²) in [7, 11) is 0. The van der Waals surface area contributed by atoms with Crippen LogP contribution in [0.15, 0.2) is 18.2 Å². The average Bonchev–Trinajstić information content (AvgIpc) is 2.16. The van der Waals surface area contributed by atoms with Crippen molar-refractivity contribution in [2.24, 2.45) is 0 Å². The van der Waals surface area contributed by atoms with Gasteiger partial charge in [-0.2, -0.15) is 0 Å². The molecule has 0 unspecified atom stereocenters. The highest BCUT2D eigenvalue weighted by molar-refractivity contribution is 5.98. The van der Waals surface area contributed by atoms with E-state index in [0.29, 0.717) is 11.3 Å². The minimum Gasteiger partial charge on any atom is -0.480 e. The van der Waals surface area contributed by atoms with Crippen molar-refractivity contribution in [1.82, 2.24) is 5.32 Å². The van der Waals surface area contributed by atoms with Crippen molar-refractivity contribution in [3.8, 4) is 0 Å². The van der Waals surface area contributed by atoms with Gasteiger partial charge in [0.15, 0.2) is 0 Å². The number of aliphatic carboxylic acids is 1. The second-order valence-electron chi connectivity index (χ2n) is 3.61. The van der Waals surface area contributed by atoms with Crippen LogP contribution in [0, 0.1) is 6.92 Å². The first-order valence-electron chi connectivity index (χ1n) is 4.81. The molecule has 4 N–H and O–H groups in total. The standard InChI is InChI=1S/C11H14N2O3/c1-6-5-8(12)3-4-9(6)10(14)13-7(2)11(15)16/h3-5,7H,12H2,1-2H3,(H,13,14)(H,15,16)/t7-/m0/s1. The Morgan fingerprint density at radius 3 is 2.56 bits per heavy atom. The number of nitrogens with two attached hydrogens (primary N) is 1. The molecular formula is C11H14N2O3. The minimum absolute atomic E-state index is 0.410. The number of carbonyl (C=O) groups excluding carboxylic acids is 1. The van der Waals surface area contributed by atoms with E-state index < -0.39 is 17.9 Å². The van der Waals surface area contributed by atoms with Gasteiger partial charge >= 0.3 is 5.97 Å². The van der Waals surface area contributed by atoms with Crippen LogP contribution >= 0.6 is 0 Å². The van der Waals surface area contributed by atoms with Crippen LogP contribution in [-0.4, -0.2) is 23.0 Å². The van der Waals surface area contributed by atoms with E-state index in [1.807, 2.05) is 0 Å². The van der Waals surface area contributed by atoms with Crippen LogP contribution in [0.1, 0.15) is 22.8 Å². The third kappa shape index (κ3) is 2.73. The second-order valence-corrected chi connectivity index (χ2v) is 3.61. The van der Waals surface area contributed by atoms with E-state index in [0.717, 1.165) is 5.56 Å². The number of carboxylic acids is 1. The maximum Gasteiger partial charge on any atom is 0.325 e. The molecule has 1 rings (SSSR count). The summed E-state index contributed by atoms with van der Waals surface area (Å²) in [6.07, 6.45) is 0. The lowest BCUT2D eigenvalue weighted by Crippen LogP contribution is -2.38. The molecule has 16 heavy (non-hydrogen) atoms. The molecule has 5 nitrogen and oxygen atoms in total. The van der Waals surface area contributed by atoms with Gasteiger partial charge in [-0.05, 0) is 37.6 Å². The fourth-order valence-corrected chi connectivity index (χ4v) is 1.28. The van der Waals surface area contributed by atoms with Gasteiger partial charge in [0.1, 0.15) is 6.04 Å². The van der Waals surface area contributed by atoms with Crippen LogP contribution in [0.5, 0.6) is 0 Å². The monoisotopic (exact) mass is 222 g/mol. The third-order valence-corrected chi connectivity index (χ3v) is 2.21. The molecule has 1 aromatic carbocycles. The van der Waals surface area contributed by atoms with Gasteiger partial charge in [-0.25, -0.2) is 0 Å². The average molecular weight is 222 g/mol. The summed E-state index contributed by atoms with van der Waals surface area (Å²) in [4.78, 5) is 22.2. The number of carbonyl (C=O) groups is 2. The van der Waals surface area contributed by atoms with Crippen molar-refractivity contribution in [3.63, 3.8) is 0 Å². The Kier molecular flexibility index (Phi) is 3.50. The molecule has 0 radical (unpaired) electrons. The SMILES string of the molecule is Cc1cc(N)ccc1C(=O)N[C@@H](C)C(=O)O. The highest BCUT2D eigenvalue weighted by Crippen LogP contribution is 2.12. The van der Waals surface area contributed by atoms with E-state index in [1.165, 1.54) is 6.92 Å². The van der Waals surface area contributed by atoms with Gasteiger partial charge in [-0.3, -0.25) is 9.59 Å². The summed E-state index contributed by atoms with van der Waals surface area (Å²) in [5.74, 6) is -1.48. The van der Waals surface area contributed by atoms with Crippen molar-refractivity contribution < 1.29 is 14.7 Å². The molecule has 1 atom stereocenters. The zero-order chi connectivity index (χ0) is 12.3. The van der Waals surface area contributed by atoms with E-state index in [9.17, 15) is 9.59 Å². The molecule has 0 fully saturated rings. The van der Waals surface area contributed by atoms with E-state index in [-0.39, 0.29) is 0 Å². The number of carboxylic acid groups (broad SMARTS) is 1. The summed E-state index contributed by atoms with van der Waals surface area (Å²) in [6.45, 7) is 3.16. The zero-order valence-corrected chi connectivity index (χ0v) is 9.15. The van der Waals surface area contributed by atoms with Crippen LogP contribution in [-0.2, 0) is 4.79 Å². The van der Waals surface area contributed by atoms with E-state index in [1.54, 1.807) is 25.1 Å². The summed E-state index contributed by atoms with van der Waals surface area (Å²) in [5, 5.41) is 11.0. The third-order valence-electron chi connectivity index (χ3n) is 2.21. The Hall–Kier alpha value is -2.04. The summed E-state index contributed by atoms with van der Waals surface area (Å²) in [6, 6.07) is 3.94. The first-order chi connectivity index (χ1) is 7.41. The van der Waals surface area contributed by atoms with Crippen molar-refractivity contribution in [2.45, 2.75) is 19.9 Å². The van der Waals surface area contributed by atoms with Crippen molar-refractivity contribution in [2.75, 3.05) is 5.73 Å². The fourth-order valence-electron chi connectivity index (χ4n) is 1.28. The van der Waals surface area contributed by atoms with Gasteiger partial charge in [-0.1, -0.05) is 0 Å². The Morgan fingerprint density at radius 1 is 1.44 bits per heavy atom.